The molecule has 1 aliphatic rings. The van der Waals surface area contributed by atoms with Gasteiger partial charge in [0.1, 0.15) is 0 Å². The van der Waals surface area contributed by atoms with Crippen molar-refractivity contribution in [1.29, 1.82) is 0 Å². The molecule has 1 atom stereocenters. The van der Waals surface area contributed by atoms with Crippen LogP contribution in [0.4, 0.5) is 0 Å². The Kier molecular flexibility index (Phi) is 3.50. The average molecular weight is 200 g/mol. The second-order valence-corrected chi connectivity index (χ2v) is 4.42. The summed E-state index contributed by atoms with van der Waals surface area (Å²) in [6, 6.07) is -0.306. The van der Waals surface area contributed by atoms with E-state index >= 15 is 0 Å². The predicted octanol–water partition coefficient (Wildman–Crippen LogP) is 0.0971. The highest BCUT2D eigenvalue weighted by molar-refractivity contribution is 5.79. The molecule has 4 nitrogen and oxygen atoms in total. The minimum atomic E-state index is -0.599. The highest BCUT2D eigenvalue weighted by Gasteiger charge is 2.33. The van der Waals surface area contributed by atoms with Gasteiger partial charge in [0, 0.05) is 6.54 Å². The number of hydrogen-bond donors (Lipinski definition) is 2. The lowest BCUT2D eigenvalue weighted by Crippen LogP contribution is -2.47. The summed E-state index contributed by atoms with van der Waals surface area (Å²) in [6.45, 7) is 2.30. The Balaban J connectivity index is 2.46. The summed E-state index contributed by atoms with van der Waals surface area (Å²) in [5, 5.41) is 10.1. The zero-order chi connectivity index (χ0) is 10.8. The molecule has 0 heterocycles. The van der Waals surface area contributed by atoms with E-state index < -0.39 is 5.60 Å². The molecule has 0 radical (unpaired) electrons. The van der Waals surface area contributed by atoms with E-state index in [1.807, 2.05) is 11.9 Å². The molecule has 0 bridgehead atoms. The molecule has 82 valence electrons. The Morgan fingerprint density at radius 2 is 2.07 bits per heavy atom. The lowest BCUT2D eigenvalue weighted by atomic mass is 10.0. The van der Waals surface area contributed by atoms with Crippen molar-refractivity contribution in [3.8, 4) is 0 Å². The second-order valence-electron chi connectivity index (χ2n) is 4.42. The fourth-order valence-electron chi connectivity index (χ4n) is 2.01. The fraction of sp³-hybridized carbons (Fsp3) is 0.900. The van der Waals surface area contributed by atoms with E-state index in [1.165, 1.54) is 0 Å². The molecule has 1 aliphatic carbocycles. The van der Waals surface area contributed by atoms with Crippen LogP contribution in [0.1, 0.15) is 32.6 Å². The topological polar surface area (TPSA) is 66.6 Å². The van der Waals surface area contributed by atoms with Crippen LogP contribution in [-0.2, 0) is 4.79 Å². The van der Waals surface area contributed by atoms with Crippen LogP contribution in [0.25, 0.3) is 0 Å². The number of likely N-dealkylation sites (N-methyl/N-ethyl adjacent to an activating group) is 1. The van der Waals surface area contributed by atoms with E-state index in [9.17, 15) is 9.90 Å². The third-order valence-corrected chi connectivity index (χ3v) is 3.15. The minimum absolute atomic E-state index is 0.306. The molecule has 14 heavy (non-hydrogen) atoms. The number of primary amides is 1. The van der Waals surface area contributed by atoms with Crippen LogP contribution in [0.5, 0.6) is 0 Å². The fourth-order valence-corrected chi connectivity index (χ4v) is 2.01. The van der Waals surface area contributed by atoms with Crippen LogP contribution in [0, 0.1) is 0 Å². The Morgan fingerprint density at radius 1 is 1.57 bits per heavy atom. The van der Waals surface area contributed by atoms with Gasteiger partial charge in [-0.25, -0.2) is 0 Å². The Labute approximate surface area is 85.1 Å². The molecule has 4 heteroatoms. The number of rotatable bonds is 4. The van der Waals surface area contributed by atoms with Gasteiger partial charge in [-0.05, 0) is 26.8 Å². The molecule has 0 aromatic carbocycles. The van der Waals surface area contributed by atoms with E-state index in [4.69, 9.17) is 5.73 Å². The van der Waals surface area contributed by atoms with Gasteiger partial charge in [0.05, 0.1) is 11.6 Å². The molecule has 0 saturated heterocycles. The number of hydrogen-bond acceptors (Lipinski definition) is 3. The number of amides is 1. The van der Waals surface area contributed by atoms with E-state index in [1.54, 1.807) is 6.92 Å². The van der Waals surface area contributed by atoms with Gasteiger partial charge >= 0.3 is 0 Å². The van der Waals surface area contributed by atoms with Crippen LogP contribution in [-0.4, -0.2) is 41.1 Å². The van der Waals surface area contributed by atoms with Crippen LogP contribution < -0.4 is 5.73 Å². The summed E-state index contributed by atoms with van der Waals surface area (Å²) >= 11 is 0. The van der Waals surface area contributed by atoms with Gasteiger partial charge < -0.3 is 10.8 Å². The summed E-state index contributed by atoms with van der Waals surface area (Å²) in [5.41, 5.74) is 4.59. The number of carbonyl (C=O) groups is 1. The minimum Gasteiger partial charge on any atom is -0.389 e. The van der Waals surface area contributed by atoms with Crippen molar-refractivity contribution in [3.63, 3.8) is 0 Å². The van der Waals surface area contributed by atoms with Crippen LogP contribution >= 0.6 is 0 Å². The first-order valence-corrected chi connectivity index (χ1v) is 5.16. The highest BCUT2D eigenvalue weighted by atomic mass is 16.3. The third-order valence-electron chi connectivity index (χ3n) is 3.15. The van der Waals surface area contributed by atoms with Crippen molar-refractivity contribution in [2.45, 2.75) is 44.2 Å². The summed E-state index contributed by atoms with van der Waals surface area (Å²) in [5.74, 6) is -0.339. The standard InChI is InChI=1S/C10H20N2O2/c1-8(9(11)13)12(2)7-10(14)5-3-4-6-10/h8,14H,3-7H2,1-2H3,(H2,11,13). The molecule has 0 aromatic rings. The Bertz CT molecular complexity index is 212. The van der Waals surface area contributed by atoms with E-state index in [0.717, 1.165) is 25.7 Å². The van der Waals surface area contributed by atoms with Crippen LogP contribution in [0.15, 0.2) is 0 Å². The average Bonchev–Trinajstić information content (AvgIpc) is 2.50. The molecule has 1 saturated carbocycles. The van der Waals surface area contributed by atoms with Gasteiger partial charge in [-0.15, -0.1) is 0 Å². The zero-order valence-electron chi connectivity index (χ0n) is 8.99. The molecule has 1 unspecified atom stereocenters. The summed E-state index contributed by atoms with van der Waals surface area (Å²) in [6.07, 6.45) is 3.83. The maximum absolute atomic E-state index is 10.9. The summed E-state index contributed by atoms with van der Waals surface area (Å²) in [7, 11) is 1.83. The summed E-state index contributed by atoms with van der Waals surface area (Å²) < 4.78 is 0. The van der Waals surface area contributed by atoms with Crippen molar-refractivity contribution in [1.82, 2.24) is 4.90 Å². The molecule has 0 aromatic heterocycles. The lowest BCUT2D eigenvalue weighted by molar-refractivity contribution is -0.123. The molecule has 0 spiro atoms. The molecule has 1 fully saturated rings. The van der Waals surface area contributed by atoms with Crippen molar-refractivity contribution < 1.29 is 9.90 Å². The first kappa shape index (κ1) is 11.5. The number of nitrogens with zero attached hydrogens (tertiary/aromatic N) is 1. The largest absolute Gasteiger partial charge is 0.389 e. The Hall–Kier alpha value is -0.610. The third kappa shape index (κ3) is 2.69. The smallest absolute Gasteiger partial charge is 0.234 e. The van der Waals surface area contributed by atoms with Crippen molar-refractivity contribution in [3.05, 3.63) is 0 Å². The molecule has 0 aliphatic heterocycles. The van der Waals surface area contributed by atoms with Gasteiger partial charge in [0.15, 0.2) is 0 Å². The van der Waals surface area contributed by atoms with Crippen LogP contribution in [0.3, 0.4) is 0 Å². The molecule has 1 rings (SSSR count). The van der Waals surface area contributed by atoms with Crippen molar-refractivity contribution in [2.24, 2.45) is 5.73 Å². The van der Waals surface area contributed by atoms with Gasteiger partial charge in [-0.3, -0.25) is 9.69 Å². The first-order valence-electron chi connectivity index (χ1n) is 5.16. The normalized spacial score (nSPS) is 22.6. The first-order chi connectivity index (χ1) is 6.44. The van der Waals surface area contributed by atoms with E-state index in [-0.39, 0.29) is 11.9 Å². The van der Waals surface area contributed by atoms with E-state index in [0.29, 0.717) is 6.54 Å². The monoisotopic (exact) mass is 200 g/mol. The van der Waals surface area contributed by atoms with Gasteiger partial charge in [-0.1, -0.05) is 12.8 Å². The SMILES string of the molecule is CC(C(N)=O)N(C)CC1(O)CCCC1. The molecular weight excluding hydrogens is 180 g/mol. The van der Waals surface area contributed by atoms with Gasteiger partial charge in [0.25, 0.3) is 0 Å². The predicted molar refractivity (Wildman–Crippen MR) is 54.7 cm³/mol. The maximum atomic E-state index is 10.9. The van der Waals surface area contributed by atoms with Gasteiger partial charge in [0.2, 0.25) is 5.91 Å². The zero-order valence-corrected chi connectivity index (χ0v) is 8.99. The van der Waals surface area contributed by atoms with Gasteiger partial charge in [-0.2, -0.15) is 0 Å². The number of nitrogens with two attached hydrogens (primary N) is 1. The van der Waals surface area contributed by atoms with Crippen molar-refractivity contribution in [2.75, 3.05) is 13.6 Å². The number of carbonyl (C=O) groups excluding carboxylic acids is 1. The highest BCUT2D eigenvalue weighted by Crippen LogP contribution is 2.30. The van der Waals surface area contributed by atoms with Crippen LogP contribution in [0.2, 0.25) is 0 Å². The number of aliphatic hydroxyl groups is 1. The Morgan fingerprint density at radius 3 is 2.50 bits per heavy atom. The summed E-state index contributed by atoms with van der Waals surface area (Å²) in [4.78, 5) is 12.7. The molecule has 3 N–H and O–H groups in total. The quantitative estimate of drug-likeness (QED) is 0.676. The maximum Gasteiger partial charge on any atom is 0.234 e. The lowest BCUT2D eigenvalue weighted by Gasteiger charge is -2.31. The second kappa shape index (κ2) is 4.28. The molecular formula is C10H20N2O2. The molecule has 1 amide bonds. The van der Waals surface area contributed by atoms with Crippen molar-refractivity contribution >= 4 is 5.91 Å². The van der Waals surface area contributed by atoms with E-state index in [2.05, 4.69) is 0 Å².